The van der Waals surface area contributed by atoms with Gasteiger partial charge in [-0.15, -0.1) is 0 Å². The van der Waals surface area contributed by atoms with E-state index in [0.29, 0.717) is 15.7 Å². The summed E-state index contributed by atoms with van der Waals surface area (Å²) < 4.78 is 0. The number of quaternary nitrogens is 1. The minimum atomic E-state index is -0.558. The van der Waals surface area contributed by atoms with Gasteiger partial charge in [-0.1, -0.05) is 53.5 Å². The molecule has 2 rings (SSSR count). The van der Waals surface area contributed by atoms with E-state index in [1.165, 1.54) is 4.90 Å². The van der Waals surface area contributed by atoms with E-state index in [4.69, 9.17) is 23.2 Å². The van der Waals surface area contributed by atoms with Crippen LogP contribution in [0.25, 0.3) is 0 Å². The van der Waals surface area contributed by atoms with Crippen molar-refractivity contribution in [3.05, 3.63) is 64.1 Å². The lowest BCUT2D eigenvalue weighted by Gasteiger charge is -2.25. The number of amides is 2. The molecule has 0 heterocycles. The van der Waals surface area contributed by atoms with Gasteiger partial charge >= 0.3 is 0 Å². The summed E-state index contributed by atoms with van der Waals surface area (Å²) in [5.41, 5.74) is 1.34. The quantitative estimate of drug-likeness (QED) is 0.789. The summed E-state index contributed by atoms with van der Waals surface area (Å²) in [4.78, 5) is 27.4. The zero-order valence-corrected chi connectivity index (χ0v) is 16.4. The second-order valence-corrected chi connectivity index (χ2v) is 7.18. The molecule has 5 nitrogen and oxygen atoms in total. The second kappa shape index (κ2) is 9.03. The molecule has 0 bridgehead atoms. The molecule has 0 aromatic heterocycles. The molecule has 2 aromatic rings. The van der Waals surface area contributed by atoms with Crippen LogP contribution in [0.1, 0.15) is 11.6 Å². The molecule has 2 N–H and O–H groups in total. The number of hydrogen-bond acceptors (Lipinski definition) is 2. The lowest BCUT2D eigenvalue weighted by molar-refractivity contribution is -0.894. The van der Waals surface area contributed by atoms with Crippen LogP contribution in [0.15, 0.2) is 48.5 Å². The summed E-state index contributed by atoms with van der Waals surface area (Å²) in [6.07, 6.45) is 0. The number of likely N-dealkylation sites (N-methyl/N-ethyl adjacent to an activating group) is 2. The van der Waals surface area contributed by atoms with Crippen molar-refractivity contribution in [2.45, 2.75) is 6.04 Å². The number of carbonyl (C=O) groups excluding carboxylic acids is 2. The predicted octanol–water partition coefficient (Wildman–Crippen LogP) is 2.28. The zero-order valence-electron chi connectivity index (χ0n) is 14.9. The molecule has 2 atom stereocenters. The first-order valence-corrected chi connectivity index (χ1v) is 8.88. The molecule has 138 valence electrons. The highest BCUT2D eigenvalue weighted by atomic mass is 35.5. The van der Waals surface area contributed by atoms with Gasteiger partial charge in [-0.3, -0.25) is 9.59 Å². The SMILES string of the molecule is CN(C)C(=O)C[NH+](C)[C@H](C(=O)Nc1cc(Cl)cc(Cl)c1)c1ccccc1. The first-order valence-electron chi connectivity index (χ1n) is 8.12. The number of anilines is 1. The Kier molecular flexibility index (Phi) is 7.03. The maximum Gasteiger partial charge on any atom is 0.287 e. The molecular weight excluding hydrogens is 373 g/mol. The Labute approximate surface area is 163 Å². The first kappa shape index (κ1) is 20.2. The Balaban J connectivity index is 2.28. The molecule has 0 aliphatic carbocycles. The van der Waals surface area contributed by atoms with E-state index in [2.05, 4.69) is 5.32 Å². The molecule has 0 radical (unpaired) electrons. The van der Waals surface area contributed by atoms with Crippen LogP contribution in [0.2, 0.25) is 10.0 Å². The van der Waals surface area contributed by atoms with Crippen LogP contribution in [0.5, 0.6) is 0 Å². The van der Waals surface area contributed by atoms with Gasteiger partial charge in [-0.25, -0.2) is 0 Å². The summed E-state index contributed by atoms with van der Waals surface area (Å²) >= 11 is 12.0. The van der Waals surface area contributed by atoms with E-state index in [-0.39, 0.29) is 18.4 Å². The molecule has 0 saturated carbocycles. The van der Waals surface area contributed by atoms with Gasteiger partial charge in [-0.05, 0) is 18.2 Å². The van der Waals surface area contributed by atoms with Crippen LogP contribution >= 0.6 is 23.2 Å². The number of rotatable bonds is 6. The Morgan fingerprint density at radius 3 is 2.19 bits per heavy atom. The van der Waals surface area contributed by atoms with E-state index in [1.807, 2.05) is 37.4 Å². The Morgan fingerprint density at radius 1 is 1.08 bits per heavy atom. The van der Waals surface area contributed by atoms with Crippen LogP contribution in [0.4, 0.5) is 5.69 Å². The molecule has 1 unspecified atom stereocenters. The molecule has 2 amide bonds. The largest absolute Gasteiger partial charge is 0.344 e. The lowest BCUT2D eigenvalue weighted by atomic mass is 10.0. The van der Waals surface area contributed by atoms with Gasteiger partial charge in [0.25, 0.3) is 11.8 Å². The molecule has 0 aliphatic heterocycles. The second-order valence-electron chi connectivity index (χ2n) is 6.30. The van der Waals surface area contributed by atoms with Gasteiger partial charge in [-0.2, -0.15) is 0 Å². The van der Waals surface area contributed by atoms with Gasteiger partial charge in [0, 0.05) is 35.4 Å². The smallest absolute Gasteiger partial charge is 0.287 e. The van der Waals surface area contributed by atoms with Gasteiger partial charge in [0.2, 0.25) is 0 Å². The van der Waals surface area contributed by atoms with Crippen molar-refractivity contribution in [3.63, 3.8) is 0 Å². The highest BCUT2D eigenvalue weighted by molar-refractivity contribution is 6.35. The number of nitrogens with zero attached hydrogens (tertiary/aromatic N) is 1. The summed E-state index contributed by atoms with van der Waals surface area (Å²) in [5, 5.41) is 3.73. The third-order valence-electron chi connectivity index (χ3n) is 3.95. The summed E-state index contributed by atoms with van der Waals surface area (Å²) in [6.45, 7) is 0.191. The van der Waals surface area contributed by atoms with E-state index < -0.39 is 6.04 Å². The fourth-order valence-corrected chi connectivity index (χ4v) is 3.17. The highest BCUT2D eigenvalue weighted by Gasteiger charge is 2.31. The maximum atomic E-state index is 13.0. The molecular formula is C19H22Cl2N3O2+. The molecule has 2 aromatic carbocycles. The fraction of sp³-hybridized carbons (Fsp3) is 0.263. The van der Waals surface area contributed by atoms with Gasteiger partial charge in [0.1, 0.15) is 0 Å². The minimum Gasteiger partial charge on any atom is -0.344 e. The fourth-order valence-electron chi connectivity index (χ4n) is 2.64. The Hall–Kier alpha value is -2.08. The standard InChI is InChI=1S/C19H21Cl2N3O2/c1-23(2)17(25)12-24(3)18(13-7-5-4-6-8-13)19(26)22-16-10-14(20)9-15(21)11-16/h4-11,18H,12H2,1-3H3,(H,22,26)/p+1/t18-/m0/s1. The molecule has 26 heavy (non-hydrogen) atoms. The van der Waals surface area contributed by atoms with E-state index >= 15 is 0 Å². The third-order valence-corrected chi connectivity index (χ3v) is 4.38. The van der Waals surface area contributed by atoms with Crippen molar-refractivity contribution in [2.24, 2.45) is 0 Å². The number of nitrogens with one attached hydrogen (secondary N) is 2. The van der Waals surface area contributed by atoms with Crippen molar-refractivity contribution in [2.75, 3.05) is 33.0 Å². The molecule has 0 aliphatic rings. The van der Waals surface area contributed by atoms with Crippen molar-refractivity contribution >= 4 is 40.7 Å². The highest BCUT2D eigenvalue weighted by Crippen LogP contribution is 2.23. The summed E-state index contributed by atoms with van der Waals surface area (Å²) in [7, 11) is 5.21. The first-order chi connectivity index (χ1) is 12.3. The third kappa shape index (κ3) is 5.46. The lowest BCUT2D eigenvalue weighted by Crippen LogP contribution is -3.11. The minimum absolute atomic E-state index is 0.0537. The molecule has 0 fully saturated rings. The number of carbonyl (C=O) groups is 2. The van der Waals surface area contributed by atoms with Crippen LogP contribution in [0, 0.1) is 0 Å². The van der Waals surface area contributed by atoms with Crippen molar-refractivity contribution in [3.8, 4) is 0 Å². The van der Waals surface area contributed by atoms with Gasteiger partial charge < -0.3 is 15.1 Å². The Bertz CT molecular complexity index is 761. The Morgan fingerprint density at radius 2 is 1.65 bits per heavy atom. The molecule has 7 heteroatoms. The van der Waals surface area contributed by atoms with Crippen molar-refractivity contribution < 1.29 is 14.5 Å². The van der Waals surface area contributed by atoms with Gasteiger partial charge in [0.05, 0.1) is 7.05 Å². The van der Waals surface area contributed by atoms with Crippen LogP contribution in [0.3, 0.4) is 0 Å². The average molecular weight is 395 g/mol. The van der Waals surface area contributed by atoms with E-state index in [9.17, 15) is 9.59 Å². The number of benzene rings is 2. The summed E-state index contributed by atoms with van der Waals surface area (Å²) in [5.74, 6) is -0.291. The van der Waals surface area contributed by atoms with Crippen LogP contribution < -0.4 is 10.2 Å². The summed E-state index contributed by atoms with van der Waals surface area (Å²) in [6, 6.07) is 13.7. The normalized spacial score (nSPS) is 13.0. The monoisotopic (exact) mass is 394 g/mol. The van der Waals surface area contributed by atoms with E-state index in [0.717, 1.165) is 10.5 Å². The molecule has 0 saturated heterocycles. The molecule has 0 spiro atoms. The van der Waals surface area contributed by atoms with Crippen LogP contribution in [-0.4, -0.2) is 44.4 Å². The van der Waals surface area contributed by atoms with Gasteiger partial charge in [0.15, 0.2) is 12.6 Å². The number of halogens is 2. The van der Waals surface area contributed by atoms with E-state index in [1.54, 1.807) is 32.3 Å². The van der Waals surface area contributed by atoms with Crippen LogP contribution in [-0.2, 0) is 9.59 Å². The van der Waals surface area contributed by atoms with Crippen molar-refractivity contribution in [1.29, 1.82) is 0 Å². The topological polar surface area (TPSA) is 53.9 Å². The maximum absolute atomic E-state index is 13.0. The number of hydrogen-bond donors (Lipinski definition) is 2. The predicted molar refractivity (Wildman–Crippen MR) is 105 cm³/mol. The average Bonchev–Trinajstić information content (AvgIpc) is 2.54. The zero-order chi connectivity index (χ0) is 19.3. The van der Waals surface area contributed by atoms with Crippen molar-refractivity contribution in [1.82, 2.24) is 4.90 Å².